The maximum absolute atomic E-state index is 11.3. The summed E-state index contributed by atoms with van der Waals surface area (Å²) in [4.78, 5) is 15.4. The molecule has 0 saturated heterocycles. The average Bonchev–Trinajstić information content (AvgIpc) is 2.61. The van der Waals surface area contributed by atoms with Crippen molar-refractivity contribution in [1.29, 1.82) is 0 Å². The lowest BCUT2D eigenvalue weighted by Crippen LogP contribution is -1.99. The van der Waals surface area contributed by atoms with Crippen LogP contribution in [0.25, 0.3) is 5.69 Å². The zero-order chi connectivity index (χ0) is 11.7. The van der Waals surface area contributed by atoms with E-state index in [2.05, 4.69) is 4.98 Å². The molecule has 0 aliphatic carbocycles. The van der Waals surface area contributed by atoms with Gasteiger partial charge in [0.05, 0.1) is 5.69 Å². The van der Waals surface area contributed by atoms with Gasteiger partial charge in [0.25, 0.3) is 0 Å². The number of nitrogens with zero attached hydrogens (tertiary/aromatic N) is 2. The molecule has 0 atom stereocenters. The smallest absolute Gasteiger partial charge is 0.179 e. The molecule has 0 fully saturated rings. The van der Waals surface area contributed by atoms with Gasteiger partial charge in [-0.3, -0.25) is 4.79 Å². The number of imidazole rings is 1. The molecule has 0 N–H and O–H groups in total. The van der Waals surface area contributed by atoms with Crippen molar-refractivity contribution in [2.24, 2.45) is 0 Å². The second-order valence-electron chi connectivity index (χ2n) is 3.94. The van der Waals surface area contributed by atoms with Gasteiger partial charge in [-0.25, -0.2) is 4.98 Å². The predicted molar refractivity (Wildman–Crippen MR) is 63.0 cm³/mol. The van der Waals surface area contributed by atoms with Crippen LogP contribution in [0.5, 0.6) is 0 Å². The van der Waals surface area contributed by atoms with Crippen molar-refractivity contribution in [3.63, 3.8) is 0 Å². The number of benzene rings is 1. The fourth-order valence-electron chi connectivity index (χ4n) is 1.72. The van der Waals surface area contributed by atoms with Crippen LogP contribution in [0.1, 0.15) is 28.7 Å². The molecule has 2 rings (SSSR count). The third-order valence-corrected chi connectivity index (χ3v) is 2.65. The molecule has 1 aromatic heterocycles. The number of Topliss-reactive ketones (excluding diaryl/α,β-unsaturated/α-hetero) is 1. The van der Waals surface area contributed by atoms with Gasteiger partial charge in [0, 0.05) is 12.6 Å². The molecule has 3 heteroatoms. The van der Waals surface area contributed by atoms with Crippen molar-refractivity contribution in [1.82, 2.24) is 9.55 Å². The summed E-state index contributed by atoms with van der Waals surface area (Å²) >= 11 is 0. The fraction of sp³-hybridized carbons (Fsp3) is 0.231. The number of carbonyl (C=O) groups excluding carboxylic acids is 1. The zero-order valence-electron chi connectivity index (χ0n) is 9.69. The predicted octanol–water partition coefficient (Wildman–Crippen LogP) is 2.69. The van der Waals surface area contributed by atoms with Crippen LogP contribution in [-0.2, 0) is 0 Å². The van der Waals surface area contributed by atoms with Gasteiger partial charge in [-0.2, -0.15) is 0 Å². The Balaban J connectivity index is 2.49. The van der Waals surface area contributed by atoms with Gasteiger partial charge in [0.2, 0.25) is 0 Å². The van der Waals surface area contributed by atoms with Crippen LogP contribution in [0.2, 0.25) is 0 Å². The van der Waals surface area contributed by atoms with E-state index in [1.165, 1.54) is 12.5 Å². The van der Waals surface area contributed by atoms with Gasteiger partial charge in [-0.05, 0) is 26.0 Å². The van der Waals surface area contributed by atoms with Gasteiger partial charge < -0.3 is 4.57 Å². The lowest BCUT2D eigenvalue weighted by atomic mass is 10.2. The van der Waals surface area contributed by atoms with E-state index in [1.807, 2.05) is 42.7 Å². The highest BCUT2D eigenvalue weighted by Crippen LogP contribution is 2.15. The van der Waals surface area contributed by atoms with E-state index < -0.39 is 0 Å². The van der Waals surface area contributed by atoms with Crippen LogP contribution in [0.15, 0.2) is 30.6 Å². The maximum atomic E-state index is 11.3. The Morgan fingerprint density at radius 3 is 2.31 bits per heavy atom. The molecule has 1 heterocycles. The lowest BCUT2D eigenvalue weighted by Gasteiger charge is -2.05. The van der Waals surface area contributed by atoms with Crippen molar-refractivity contribution in [3.05, 3.63) is 47.5 Å². The Morgan fingerprint density at radius 2 is 1.81 bits per heavy atom. The average molecular weight is 214 g/mol. The second kappa shape index (κ2) is 3.93. The van der Waals surface area contributed by atoms with E-state index in [9.17, 15) is 4.79 Å². The van der Waals surface area contributed by atoms with Crippen molar-refractivity contribution < 1.29 is 4.79 Å². The third-order valence-electron chi connectivity index (χ3n) is 2.65. The van der Waals surface area contributed by atoms with Crippen molar-refractivity contribution >= 4 is 5.78 Å². The molecule has 0 aliphatic heterocycles. The van der Waals surface area contributed by atoms with Crippen LogP contribution in [0, 0.1) is 13.8 Å². The van der Waals surface area contributed by atoms with Gasteiger partial charge in [-0.15, -0.1) is 0 Å². The second-order valence-corrected chi connectivity index (χ2v) is 3.94. The number of aromatic nitrogens is 2. The first kappa shape index (κ1) is 10.6. The molecule has 1 aromatic carbocycles. The molecule has 0 amide bonds. The van der Waals surface area contributed by atoms with E-state index in [0.717, 1.165) is 11.4 Å². The topological polar surface area (TPSA) is 34.9 Å². The zero-order valence-corrected chi connectivity index (χ0v) is 9.69. The van der Waals surface area contributed by atoms with Gasteiger partial charge in [-0.1, -0.05) is 17.7 Å². The highest BCUT2D eigenvalue weighted by Gasteiger charge is 2.11. The molecule has 0 radical (unpaired) electrons. The van der Waals surface area contributed by atoms with E-state index in [-0.39, 0.29) is 5.78 Å². The first-order valence-electron chi connectivity index (χ1n) is 5.21. The summed E-state index contributed by atoms with van der Waals surface area (Å²) in [5.41, 5.74) is 3.67. The summed E-state index contributed by atoms with van der Waals surface area (Å²) in [7, 11) is 0. The minimum absolute atomic E-state index is 0.00311. The minimum atomic E-state index is 0.00311. The van der Waals surface area contributed by atoms with Crippen LogP contribution >= 0.6 is 0 Å². The molecule has 16 heavy (non-hydrogen) atoms. The largest absolute Gasteiger partial charge is 0.303 e. The van der Waals surface area contributed by atoms with Crippen molar-refractivity contribution in [2.75, 3.05) is 0 Å². The fourth-order valence-corrected chi connectivity index (χ4v) is 1.72. The lowest BCUT2D eigenvalue weighted by molar-refractivity contribution is 0.101. The molecule has 82 valence electrons. The monoisotopic (exact) mass is 214 g/mol. The molecule has 0 unspecified atom stereocenters. The number of carbonyl (C=O) groups is 1. The van der Waals surface area contributed by atoms with Crippen LogP contribution in [-0.4, -0.2) is 15.3 Å². The summed E-state index contributed by atoms with van der Waals surface area (Å²) < 4.78 is 1.93. The molecule has 0 aliphatic rings. The van der Waals surface area contributed by atoms with Gasteiger partial charge in [0.1, 0.15) is 12.0 Å². The Hall–Kier alpha value is -1.90. The summed E-state index contributed by atoms with van der Waals surface area (Å²) in [5.74, 6) is 0.00311. The summed E-state index contributed by atoms with van der Waals surface area (Å²) in [6.45, 7) is 5.49. The molecule has 0 saturated carbocycles. The summed E-state index contributed by atoms with van der Waals surface area (Å²) in [6, 6.07) is 8.13. The maximum Gasteiger partial charge on any atom is 0.179 e. The quantitative estimate of drug-likeness (QED) is 0.720. The number of ketones is 1. The molecule has 0 bridgehead atoms. The Morgan fingerprint density at radius 1 is 1.19 bits per heavy atom. The SMILES string of the molecule is CC(=O)c1ncn(-c2ccc(C)cc2)c1C. The number of aryl methyl sites for hydroxylation is 1. The van der Waals surface area contributed by atoms with Crippen LogP contribution in [0.4, 0.5) is 0 Å². The van der Waals surface area contributed by atoms with Crippen LogP contribution < -0.4 is 0 Å². The molecular weight excluding hydrogens is 200 g/mol. The van der Waals surface area contributed by atoms with Crippen molar-refractivity contribution in [2.45, 2.75) is 20.8 Å². The molecule has 2 aromatic rings. The van der Waals surface area contributed by atoms with Crippen LogP contribution in [0.3, 0.4) is 0 Å². The Kier molecular flexibility index (Phi) is 2.60. The first-order chi connectivity index (χ1) is 7.59. The van der Waals surface area contributed by atoms with E-state index in [4.69, 9.17) is 0 Å². The Labute approximate surface area is 94.7 Å². The minimum Gasteiger partial charge on any atom is -0.303 e. The van der Waals surface area contributed by atoms with Gasteiger partial charge in [0.15, 0.2) is 5.78 Å². The normalized spacial score (nSPS) is 10.4. The van der Waals surface area contributed by atoms with E-state index in [1.54, 1.807) is 6.33 Å². The standard InChI is InChI=1S/C13H14N2O/c1-9-4-6-12(7-5-9)15-8-14-13(10(15)2)11(3)16/h4-8H,1-3H3. The van der Waals surface area contributed by atoms with Crippen molar-refractivity contribution in [3.8, 4) is 5.69 Å². The van der Waals surface area contributed by atoms with E-state index >= 15 is 0 Å². The summed E-state index contributed by atoms with van der Waals surface area (Å²) in [6.07, 6.45) is 1.69. The number of hydrogen-bond donors (Lipinski definition) is 0. The number of hydrogen-bond acceptors (Lipinski definition) is 2. The Bertz CT molecular complexity index is 523. The van der Waals surface area contributed by atoms with E-state index in [0.29, 0.717) is 5.69 Å². The summed E-state index contributed by atoms with van der Waals surface area (Å²) in [5, 5.41) is 0. The molecule has 3 nitrogen and oxygen atoms in total. The molecular formula is C13H14N2O. The van der Waals surface area contributed by atoms with Gasteiger partial charge >= 0.3 is 0 Å². The first-order valence-corrected chi connectivity index (χ1v) is 5.21. The molecule has 0 spiro atoms. The highest BCUT2D eigenvalue weighted by atomic mass is 16.1. The highest BCUT2D eigenvalue weighted by molar-refractivity contribution is 5.93. The number of rotatable bonds is 2. The third kappa shape index (κ3) is 1.76.